The number of hydrogen-bond acceptors (Lipinski definition) is 1. The van der Waals surface area contributed by atoms with E-state index in [0.29, 0.717) is 0 Å². The molecular weight excluding hydrogens is 629 g/mol. The standard InChI is InChI=1S/C51H36O/c1-3-33(29-46-32(2)52-49-26-13-12-20-41(46)49)50-42-21-8-10-23-44(42)51(45-24-11-9-22-43(45)50)36-28-27-35-30-48(40-19-7-6-18-39(40)47(35)31-36)38-25-14-16-34-15-4-5-17-37(34)38/h4-31H,3H2,1-2H3/b33-29+. The molecule has 0 aliphatic heterocycles. The second kappa shape index (κ2) is 12.1. The Kier molecular flexibility index (Phi) is 7.08. The van der Waals surface area contributed by atoms with E-state index in [1.54, 1.807) is 0 Å². The van der Waals surface area contributed by atoms with Gasteiger partial charge in [0.2, 0.25) is 0 Å². The zero-order chi connectivity index (χ0) is 34.8. The number of benzene rings is 9. The normalized spacial score (nSPS) is 12.2. The third kappa shape index (κ3) is 4.70. The molecule has 0 atom stereocenters. The van der Waals surface area contributed by atoms with Gasteiger partial charge in [0.25, 0.3) is 0 Å². The smallest absolute Gasteiger partial charge is 0.134 e. The van der Waals surface area contributed by atoms with Gasteiger partial charge >= 0.3 is 0 Å². The van der Waals surface area contributed by atoms with Crippen LogP contribution in [-0.2, 0) is 0 Å². The molecule has 0 amide bonds. The van der Waals surface area contributed by atoms with Crippen molar-refractivity contribution in [3.63, 3.8) is 0 Å². The van der Waals surface area contributed by atoms with Crippen molar-refractivity contribution in [2.75, 3.05) is 0 Å². The molecule has 1 aromatic heterocycles. The predicted octanol–water partition coefficient (Wildman–Crippen LogP) is 14.8. The summed E-state index contributed by atoms with van der Waals surface area (Å²) in [6.45, 7) is 4.34. The van der Waals surface area contributed by atoms with Crippen molar-refractivity contribution in [3.05, 3.63) is 181 Å². The van der Waals surface area contributed by atoms with Crippen molar-refractivity contribution in [3.8, 4) is 22.3 Å². The Bertz CT molecular complexity index is 3000. The minimum Gasteiger partial charge on any atom is -0.461 e. The van der Waals surface area contributed by atoms with Gasteiger partial charge in [-0.25, -0.2) is 0 Å². The second-order valence-electron chi connectivity index (χ2n) is 13.9. The molecule has 9 aromatic carbocycles. The largest absolute Gasteiger partial charge is 0.461 e. The Morgan fingerprint density at radius 3 is 1.81 bits per heavy atom. The highest BCUT2D eigenvalue weighted by atomic mass is 16.3. The van der Waals surface area contributed by atoms with Crippen molar-refractivity contribution < 1.29 is 4.42 Å². The summed E-state index contributed by atoms with van der Waals surface area (Å²) in [7, 11) is 0. The number of hydrogen-bond donors (Lipinski definition) is 0. The van der Waals surface area contributed by atoms with Crippen LogP contribution in [0.15, 0.2) is 168 Å². The number of allylic oxidation sites excluding steroid dienone is 1. The van der Waals surface area contributed by atoms with Crippen LogP contribution in [0.4, 0.5) is 0 Å². The minimum atomic E-state index is 0.896. The lowest BCUT2D eigenvalue weighted by Crippen LogP contribution is -1.94. The number of para-hydroxylation sites is 1. The molecule has 0 saturated carbocycles. The van der Waals surface area contributed by atoms with Crippen molar-refractivity contribution in [1.82, 2.24) is 0 Å². The van der Waals surface area contributed by atoms with Crippen LogP contribution in [0.1, 0.15) is 30.2 Å². The maximum absolute atomic E-state index is 6.20. The molecule has 1 heteroatoms. The molecule has 1 heterocycles. The maximum Gasteiger partial charge on any atom is 0.134 e. The molecular formula is C51H36O. The van der Waals surface area contributed by atoms with Gasteiger partial charge in [0.15, 0.2) is 0 Å². The minimum absolute atomic E-state index is 0.896. The molecule has 0 fully saturated rings. The van der Waals surface area contributed by atoms with E-state index in [9.17, 15) is 0 Å². The second-order valence-corrected chi connectivity index (χ2v) is 13.9. The summed E-state index contributed by atoms with van der Waals surface area (Å²) < 4.78 is 6.20. The lowest BCUT2D eigenvalue weighted by atomic mass is 9.84. The van der Waals surface area contributed by atoms with Crippen LogP contribution in [0.25, 0.3) is 98.7 Å². The van der Waals surface area contributed by atoms with E-state index in [4.69, 9.17) is 4.42 Å². The van der Waals surface area contributed by atoms with Gasteiger partial charge in [-0.2, -0.15) is 0 Å². The van der Waals surface area contributed by atoms with Crippen molar-refractivity contribution in [2.45, 2.75) is 20.3 Å². The third-order valence-corrected chi connectivity index (χ3v) is 11.0. The van der Waals surface area contributed by atoms with Gasteiger partial charge in [0.05, 0.1) is 0 Å². The Hall–Kier alpha value is -6.44. The van der Waals surface area contributed by atoms with Gasteiger partial charge in [-0.15, -0.1) is 0 Å². The number of furan rings is 1. The third-order valence-electron chi connectivity index (χ3n) is 11.0. The molecule has 0 saturated heterocycles. The monoisotopic (exact) mass is 664 g/mol. The first-order valence-electron chi connectivity index (χ1n) is 18.2. The SMILES string of the molecule is CC/C(=C\c1c(C)oc2ccccc12)c1c2ccccc2c(-c2ccc3cc(-c4cccc5ccccc45)c4ccccc4c3c2)c2ccccc12. The summed E-state index contributed by atoms with van der Waals surface area (Å²) in [4.78, 5) is 0. The maximum atomic E-state index is 6.20. The topological polar surface area (TPSA) is 13.1 Å². The van der Waals surface area contributed by atoms with Crippen LogP contribution >= 0.6 is 0 Å². The molecule has 0 aliphatic carbocycles. The average Bonchev–Trinajstić information content (AvgIpc) is 3.52. The molecule has 246 valence electrons. The first-order chi connectivity index (χ1) is 25.7. The van der Waals surface area contributed by atoms with E-state index in [1.165, 1.54) is 87.3 Å². The quantitative estimate of drug-likeness (QED) is 0.132. The van der Waals surface area contributed by atoms with Crippen LogP contribution in [0, 0.1) is 6.92 Å². The van der Waals surface area contributed by atoms with Crippen LogP contribution in [0.3, 0.4) is 0 Å². The molecule has 52 heavy (non-hydrogen) atoms. The van der Waals surface area contributed by atoms with Crippen molar-refractivity contribution >= 4 is 76.5 Å². The lowest BCUT2D eigenvalue weighted by molar-refractivity contribution is 0.577. The highest BCUT2D eigenvalue weighted by Gasteiger charge is 2.19. The van der Waals surface area contributed by atoms with Crippen molar-refractivity contribution in [2.24, 2.45) is 0 Å². The number of aryl methyl sites for hydroxylation is 1. The fourth-order valence-electron chi connectivity index (χ4n) is 8.62. The van der Waals surface area contributed by atoms with Crippen LogP contribution in [0.2, 0.25) is 0 Å². The molecule has 0 bridgehead atoms. The van der Waals surface area contributed by atoms with Gasteiger partial charge in [0, 0.05) is 10.9 Å². The molecule has 0 radical (unpaired) electrons. The Morgan fingerprint density at radius 2 is 1.08 bits per heavy atom. The molecule has 0 N–H and O–H groups in total. The van der Waals surface area contributed by atoms with Gasteiger partial charge in [0.1, 0.15) is 11.3 Å². The van der Waals surface area contributed by atoms with Crippen LogP contribution < -0.4 is 0 Å². The van der Waals surface area contributed by atoms with Crippen LogP contribution in [0.5, 0.6) is 0 Å². The fourth-order valence-corrected chi connectivity index (χ4v) is 8.62. The number of fused-ring (bicyclic) bond motifs is 7. The summed E-state index contributed by atoms with van der Waals surface area (Å²) in [6, 6.07) is 60.0. The lowest BCUT2D eigenvalue weighted by Gasteiger charge is -2.20. The molecule has 0 unspecified atom stereocenters. The molecule has 0 aliphatic rings. The van der Waals surface area contributed by atoms with Gasteiger partial charge in [-0.3, -0.25) is 0 Å². The zero-order valence-electron chi connectivity index (χ0n) is 29.3. The van der Waals surface area contributed by atoms with E-state index >= 15 is 0 Å². The highest BCUT2D eigenvalue weighted by Crippen LogP contribution is 2.45. The Balaban J connectivity index is 1.23. The number of rotatable bonds is 5. The van der Waals surface area contributed by atoms with E-state index in [2.05, 4.69) is 178 Å². The fraction of sp³-hybridized carbons (Fsp3) is 0.0588. The van der Waals surface area contributed by atoms with E-state index in [-0.39, 0.29) is 0 Å². The predicted molar refractivity (Wildman–Crippen MR) is 224 cm³/mol. The van der Waals surface area contributed by atoms with Crippen LogP contribution in [-0.4, -0.2) is 0 Å². The van der Waals surface area contributed by atoms with E-state index in [1.807, 2.05) is 6.07 Å². The first-order valence-corrected chi connectivity index (χ1v) is 18.2. The average molecular weight is 665 g/mol. The summed E-state index contributed by atoms with van der Waals surface area (Å²) in [5.41, 5.74) is 9.74. The van der Waals surface area contributed by atoms with Gasteiger partial charge < -0.3 is 4.42 Å². The Morgan fingerprint density at radius 1 is 0.481 bits per heavy atom. The van der Waals surface area contributed by atoms with Crippen molar-refractivity contribution in [1.29, 1.82) is 0 Å². The molecule has 1 nitrogen and oxygen atoms in total. The summed E-state index contributed by atoms with van der Waals surface area (Å²) in [5.74, 6) is 0.949. The molecule has 0 spiro atoms. The Labute approximate surface area is 303 Å². The summed E-state index contributed by atoms with van der Waals surface area (Å²) in [6.07, 6.45) is 3.26. The molecule has 10 rings (SSSR count). The summed E-state index contributed by atoms with van der Waals surface area (Å²) in [5, 5.41) is 13.8. The van der Waals surface area contributed by atoms with E-state index in [0.717, 1.165) is 28.7 Å². The highest BCUT2D eigenvalue weighted by molar-refractivity contribution is 6.22. The first kappa shape index (κ1) is 30.4. The zero-order valence-corrected chi connectivity index (χ0v) is 29.3. The summed E-state index contributed by atoms with van der Waals surface area (Å²) >= 11 is 0. The van der Waals surface area contributed by atoms with E-state index < -0.39 is 0 Å². The van der Waals surface area contributed by atoms with Gasteiger partial charge in [-0.05, 0) is 125 Å². The van der Waals surface area contributed by atoms with Gasteiger partial charge in [-0.1, -0.05) is 153 Å². The molecule has 10 aromatic rings.